The Labute approximate surface area is 120 Å². The van der Waals surface area contributed by atoms with Gasteiger partial charge in [0, 0.05) is 18.2 Å². The molecule has 1 aromatic heterocycles. The van der Waals surface area contributed by atoms with Crippen molar-refractivity contribution in [3.8, 4) is 5.88 Å². The van der Waals surface area contributed by atoms with Gasteiger partial charge in [0.25, 0.3) is 0 Å². The van der Waals surface area contributed by atoms with E-state index in [0.717, 1.165) is 12.1 Å². The molecule has 112 valence electrons. The largest absolute Gasteiger partial charge is 0.481 e. The highest BCUT2D eigenvalue weighted by atomic mass is 16.5. The smallest absolute Gasteiger partial charge is 0.232 e. The molecule has 1 rings (SSSR count). The highest BCUT2D eigenvalue weighted by Gasteiger charge is 2.15. The van der Waals surface area contributed by atoms with Gasteiger partial charge in [0.05, 0.1) is 7.11 Å². The topological polar surface area (TPSA) is 90.1 Å². The van der Waals surface area contributed by atoms with Crippen molar-refractivity contribution in [3.05, 3.63) is 11.8 Å². The Balaban J connectivity index is 2.63. The lowest BCUT2D eigenvalue weighted by atomic mass is 9.94. The summed E-state index contributed by atoms with van der Waals surface area (Å²) < 4.78 is 5.05. The minimum atomic E-state index is -0.117. The van der Waals surface area contributed by atoms with Crippen LogP contribution in [0.5, 0.6) is 5.88 Å². The number of hydrogen-bond donors (Lipinski definition) is 2. The van der Waals surface area contributed by atoms with Crippen molar-refractivity contribution < 1.29 is 9.53 Å². The first kappa shape index (κ1) is 16.4. The number of carbonyl (C=O) groups is 1. The number of nitrogens with one attached hydrogen (secondary N) is 1. The second kappa shape index (κ2) is 7.79. The summed E-state index contributed by atoms with van der Waals surface area (Å²) in [6.07, 6.45) is 1.32. The van der Waals surface area contributed by atoms with Crippen LogP contribution in [-0.4, -0.2) is 29.5 Å². The third kappa shape index (κ3) is 5.52. The molecule has 1 atom stereocenters. The van der Waals surface area contributed by atoms with Crippen molar-refractivity contribution in [2.75, 3.05) is 19.0 Å². The monoisotopic (exact) mass is 280 g/mol. The van der Waals surface area contributed by atoms with Gasteiger partial charge in [-0.1, -0.05) is 13.8 Å². The van der Waals surface area contributed by atoms with Gasteiger partial charge in [-0.05, 0) is 31.7 Å². The number of aryl methyl sites for hydroxylation is 1. The molecule has 6 nitrogen and oxygen atoms in total. The van der Waals surface area contributed by atoms with E-state index in [9.17, 15) is 4.79 Å². The summed E-state index contributed by atoms with van der Waals surface area (Å²) >= 11 is 0. The molecule has 0 fully saturated rings. The lowest BCUT2D eigenvalue weighted by Gasteiger charge is -2.16. The third-order valence-corrected chi connectivity index (χ3v) is 2.90. The van der Waals surface area contributed by atoms with Crippen LogP contribution in [0.2, 0.25) is 0 Å². The van der Waals surface area contributed by atoms with E-state index in [-0.39, 0.29) is 17.8 Å². The maximum atomic E-state index is 12.0. The van der Waals surface area contributed by atoms with Gasteiger partial charge in [0.15, 0.2) is 0 Å². The summed E-state index contributed by atoms with van der Waals surface area (Å²) in [5, 5.41) is 2.70. The zero-order chi connectivity index (χ0) is 15.1. The van der Waals surface area contributed by atoms with Gasteiger partial charge in [-0.15, -0.1) is 0 Å². The van der Waals surface area contributed by atoms with Crippen molar-refractivity contribution in [2.24, 2.45) is 17.6 Å². The van der Waals surface area contributed by atoms with E-state index in [0.29, 0.717) is 24.8 Å². The van der Waals surface area contributed by atoms with Gasteiger partial charge < -0.3 is 10.5 Å². The van der Waals surface area contributed by atoms with Crippen LogP contribution < -0.4 is 15.8 Å². The predicted octanol–water partition coefficient (Wildman–Crippen LogP) is 1.74. The van der Waals surface area contributed by atoms with Crippen molar-refractivity contribution in [1.29, 1.82) is 0 Å². The van der Waals surface area contributed by atoms with Gasteiger partial charge in [0.1, 0.15) is 0 Å². The van der Waals surface area contributed by atoms with Crippen molar-refractivity contribution in [1.82, 2.24) is 9.97 Å². The van der Waals surface area contributed by atoms with Gasteiger partial charge in [0.2, 0.25) is 17.7 Å². The minimum absolute atomic E-state index is 0.117. The zero-order valence-electron chi connectivity index (χ0n) is 12.6. The van der Waals surface area contributed by atoms with Crippen LogP contribution in [-0.2, 0) is 4.79 Å². The van der Waals surface area contributed by atoms with E-state index in [1.165, 1.54) is 7.11 Å². The van der Waals surface area contributed by atoms with E-state index >= 15 is 0 Å². The number of methoxy groups -OCH3 is 1. The highest BCUT2D eigenvalue weighted by Crippen LogP contribution is 2.16. The Morgan fingerprint density at radius 3 is 2.70 bits per heavy atom. The molecule has 0 saturated heterocycles. The molecule has 0 aliphatic heterocycles. The molecule has 1 heterocycles. The van der Waals surface area contributed by atoms with E-state index in [4.69, 9.17) is 10.5 Å². The first-order valence-corrected chi connectivity index (χ1v) is 6.84. The van der Waals surface area contributed by atoms with Crippen LogP contribution in [0.4, 0.5) is 5.95 Å². The molecule has 0 radical (unpaired) electrons. The van der Waals surface area contributed by atoms with Crippen molar-refractivity contribution in [2.45, 2.75) is 33.6 Å². The van der Waals surface area contributed by atoms with Crippen molar-refractivity contribution in [3.63, 3.8) is 0 Å². The number of carbonyl (C=O) groups excluding carboxylic acids is 1. The average molecular weight is 280 g/mol. The van der Waals surface area contributed by atoms with Crippen LogP contribution in [0.25, 0.3) is 0 Å². The van der Waals surface area contributed by atoms with E-state index < -0.39 is 0 Å². The summed E-state index contributed by atoms with van der Waals surface area (Å²) in [5.41, 5.74) is 6.44. The van der Waals surface area contributed by atoms with Crippen LogP contribution in [0.1, 0.15) is 32.4 Å². The molecule has 0 spiro atoms. The average Bonchev–Trinajstić information content (AvgIpc) is 2.36. The van der Waals surface area contributed by atoms with E-state index in [1.807, 2.05) is 6.92 Å². The lowest BCUT2D eigenvalue weighted by Crippen LogP contribution is -2.24. The normalized spacial score (nSPS) is 12.3. The number of ether oxygens (including phenoxy) is 1. The van der Waals surface area contributed by atoms with Crippen LogP contribution in [0.15, 0.2) is 6.07 Å². The second-order valence-electron chi connectivity index (χ2n) is 5.36. The zero-order valence-corrected chi connectivity index (χ0v) is 12.6. The summed E-state index contributed by atoms with van der Waals surface area (Å²) in [5.74, 6) is 1.29. The Bertz CT molecular complexity index is 449. The molecule has 0 saturated carbocycles. The number of anilines is 1. The molecule has 20 heavy (non-hydrogen) atoms. The Kier molecular flexibility index (Phi) is 6.38. The molecule has 1 aromatic rings. The van der Waals surface area contributed by atoms with Crippen molar-refractivity contribution >= 4 is 11.9 Å². The molecule has 1 unspecified atom stereocenters. The SMILES string of the molecule is COc1cc(C)nc(NC(=O)CC(CN)CC(C)C)n1. The number of nitrogens with zero attached hydrogens (tertiary/aromatic N) is 2. The fourth-order valence-corrected chi connectivity index (χ4v) is 2.07. The number of nitrogens with two attached hydrogens (primary N) is 1. The predicted molar refractivity (Wildman–Crippen MR) is 78.6 cm³/mol. The Morgan fingerprint density at radius 2 is 2.15 bits per heavy atom. The van der Waals surface area contributed by atoms with Crippen LogP contribution in [0.3, 0.4) is 0 Å². The summed E-state index contributed by atoms with van der Waals surface area (Å²) in [6.45, 7) is 6.56. The quantitative estimate of drug-likeness (QED) is 0.794. The minimum Gasteiger partial charge on any atom is -0.481 e. The standard InChI is InChI=1S/C14H24N4O2/c1-9(2)5-11(8-15)7-12(19)17-14-16-10(3)6-13(18-14)20-4/h6,9,11H,5,7-8,15H2,1-4H3,(H,16,17,18,19). The fraction of sp³-hybridized carbons (Fsp3) is 0.643. The lowest BCUT2D eigenvalue weighted by molar-refractivity contribution is -0.117. The molecule has 1 amide bonds. The van der Waals surface area contributed by atoms with Crippen LogP contribution in [0, 0.1) is 18.8 Å². The first-order valence-electron chi connectivity index (χ1n) is 6.84. The number of rotatable bonds is 7. The molecular formula is C14H24N4O2. The highest BCUT2D eigenvalue weighted by molar-refractivity contribution is 5.89. The summed E-state index contributed by atoms with van der Waals surface area (Å²) in [7, 11) is 1.53. The van der Waals surface area contributed by atoms with Gasteiger partial charge in [-0.2, -0.15) is 4.98 Å². The number of aromatic nitrogens is 2. The second-order valence-corrected chi connectivity index (χ2v) is 5.36. The Morgan fingerprint density at radius 1 is 1.45 bits per heavy atom. The fourth-order valence-electron chi connectivity index (χ4n) is 2.07. The first-order chi connectivity index (χ1) is 9.44. The van der Waals surface area contributed by atoms with Gasteiger partial charge in [-0.3, -0.25) is 10.1 Å². The molecule has 0 aliphatic rings. The maximum Gasteiger partial charge on any atom is 0.232 e. The van der Waals surface area contributed by atoms with Gasteiger partial charge >= 0.3 is 0 Å². The maximum absolute atomic E-state index is 12.0. The molecule has 0 aliphatic carbocycles. The van der Waals surface area contributed by atoms with E-state index in [1.54, 1.807) is 6.07 Å². The number of hydrogen-bond acceptors (Lipinski definition) is 5. The molecule has 0 aromatic carbocycles. The summed E-state index contributed by atoms with van der Waals surface area (Å²) in [6, 6.07) is 1.71. The molecular weight excluding hydrogens is 256 g/mol. The summed E-state index contributed by atoms with van der Waals surface area (Å²) in [4.78, 5) is 20.2. The molecule has 3 N–H and O–H groups in total. The van der Waals surface area contributed by atoms with Crippen LogP contribution >= 0.6 is 0 Å². The Hall–Kier alpha value is -1.69. The van der Waals surface area contributed by atoms with Gasteiger partial charge in [-0.25, -0.2) is 4.98 Å². The molecule has 6 heteroatoms. The number of amides is 1. The molecule has 0 bridgehead atoms. The van der Waals surface area contributed by atoms with E-state index in [2.05, 4.69) is 29.1 Å². The third-order valence-electron chi connectivity index (χ3n) is 2.90.